The van der Waals surface area contributed by atoms with Gasteiger partial charge < -0.3 is 19.5 Å². The van der Waals surface area contributed by atoms with Crippen LogP contribution in [0.15, 0.2) is 54.6 Å². The third kappa shape index (κ3) is 6.80. The van der Waals surface area contributed by atoms with Gasteiger partial charge in [-0.3, -0.25) is 9.59 Å². The maximum Gasteiger partial charge on any atom is 0.415 e. The molecule has 8 heteroatoms. The zero-order valence-corrected chi connectivity index (χ0v) is 17.6. The molecule has 0 aromatic heterocycles. The van der Waals surface area contributed by atoms with Crippen LogP contribution in [0.3, 0.4) is 0 Å². The number of halogens is 1. The Labute approximate surface area is 185 Å². The highest BCUT2D eigenvalue weighted by atomic mass is 19.1. The van der Waals surface area contributed by atoms with Crippen LogP contribution in [0.2, 0.25) is 0 Å². The number of carboxylic acid groups (broad SMARTS) is 1. The quantitative estimate of drug-likeness (QED) is 0.614. The molecule has 2 aromatic carbocycles. The van der Waals surface area contributed by atoms with E-state index < -0.39 is 18.0 Å². The Bertz CT molecular complexity index is 918. The van der Waals surface area contributed by atoms with Crippen molar-refractivity contribution >= 4 is 18.0 Å². The third-order valence-corrected chi connectivity index (χ3v) is 5.47. The second-order valence-electron chi connectivity index (χ2n) is 7.76. The number of para-hydroxylation sites is 1. The van der Waals surface area contributed by atoms with Gasteiger partial charge in [0.1, 0.15) is 11.6 Å². The van der Waals surface area contributed by atoms with Crippen LogP contribution < -0.4 is 4.74 Å². The van der Waals surface area contributed by atoms with Crippen molar-refractivity contribution in [2.45, 2.75) is 31.6 Å². The summed E-state index contributed by atoms with van der Waals surface area (Å²) < 4.78 is 24.2. The van der Waals surface area contributed by atoms with Gasteiger partial charge >= 0.3 is 18.0 Å². The Morgan fingerprint density at radius 3 is 2.44 bits per heavy atom. The smallest absolute Gasteiger partial charge is 0.415 e. The van der Waals surface area contributed by atoms with E-state index in [1.165, 1.54) is 12.1 Å². The molecular formula is C24H26FNO6. The lowest BCUT2D eigenvalue weighted by Gasteiger charge is -2.38. The van der Waals surface area contributed by atoms with Gasteiger partial charge in [0.05, 0.1) is 6.61 Å². The number of ether oxygens (including phenoxy) is 2. The molecule has 0 bridgehead atoms. The number of hydrogen-bond donors (Lipinski definition) is 1. The molecular weight excluding hydrogens is 417 g/mol. The van der Waals surface area contributed by atoms with Crippen molar-refractivity contribution in [3.63, 3.8) is 0 Å². The first-order valence-corrected chi connectivity index (χ1v) is 10.6. The molecule has 1 aliphatic rings. The molecule has 1 heterocycles. The zero-order valence-electron chi connectivity index (χ0n) is 17.6. The molecule has 170 valence electrons. The number of carbonyl (C=O) groups excluding carboxylic acids is 2. The molecule has 1 N–H and O–H groups in total. The summed E-state index contributed by atoms with van der Waals surface area (Å²) in [5, 5.41) is 8.70. The van der Waals surface area contributed by atoms with E-state index in [2.05, 4.69) is 0 Å². The van der Waals surface area contributed by atoms with Crippen LogP contribution in [0.4, 0.5) is 9.18 Å². The van der Waals surface area contributed by atoms with Crippen LogP contribution in [0.1, 0.15) is 37.2 Å². The summed E-state index contributed by atoms with van der Waals surface area (Å²) in [4.78, 5) is 36.9. The molecule has 1 saturated heterocycles. The van der Waals surface area contributed by atoms with Crippen molar-refractivity contribution in [1.29, 1.82) is 0 Å². The average Bonchev–Trinajstić information content (AvgIpc) is 2.78. The fourth-order valence-electron chi connectivity index (χ4n) is 3.83. The lowest BCUT2D eigenvalue weighted by atomic mass is 9.81. The van der Waals surface area contributed by atoms with Crippen LogP contribution in [-0.4, -0.2) is 47.7 Å². The van der Waals surface area contributed by atoms with Gasteiger partial charge in [-0.1, -0.05) is 30.3 Å². The minimum atomic E-state index is -0.964. The van der Waals surface area contributed by atoms with E-state index in [0.29, 0.717) is 25.3 Å². The number of amides is 1. The summed E-state index contributed by atoms with van der Waals surface area (Å²) in [5.74, 6) is -1.56. The second-order valence-corrected chi connectivity index (χ2v) is 7.76. The van der Waals surface area contributed by atoms with Gasteiger partial charge in [0.2, 0.25) is 0 Å². The number of rotatable bonds is 8. The number of nitrogens with zero attached hydrogens (tertiary/aromatic N) is 1. The lowest BCUT2D eigenvalue weighted by Crippen LogP contribution is -2.45. The van der Waals surface area contributed by atoms with Crippen molar-refractivity contribution in [2.24, 2.45) is 5.92 Å². The molecule has 32 heavy (non-hydrogen) atoms. The Hall–Kier alpha value is -3.42. The molecule has 2 atom stereocenters. The number of likely N-dealkylation sites (tertiary alicyclic amines) is 1. The summed E-state index contributed by atoms with van der Waals surface area (Å²) in [5.41, 5.74) is 0.911. The Kier molecular flexibility index (Phi) is 8.19. The minimum Gasteiger partial charge on any atom is -0.481 e. The van der Waals surface area contributed by atoms with Crippen molar-refractivity contribution in [3.8, 4) is 5.75 Å². The molecule has 3 rings (SSSR count). The molecule has 1 amide bonds. The van der Waals surface area contributed by atoms with E-state index in [1.54, 1.807) is 41.3 Å². The van der Waals surface area contributed by atoms with E-state index in [-0.39, 0.29) is 43.5 Å². The lowest BCUT2D eigenvalue weighted by molar-refractivity contribution is -0.146. The number of carbonyl (C=O) groups is 3. The fourth-order valence-corrected chi connectivity index (χ4v) is 3.83. The van der Waals surface area contributed by atoms with Gasteiger partial charge in [0.15, 0.2) is 0 Å². The van der Waals surface area contributed by atoms with E-state index >= 15 is 0 Å². The highest BCUT2D eigenvalue weighted by Crippen LogP contribution is 2.34. The average molecular weight is 443 g/mol. The van der Waals surface area contributed by atoms with Gasteiger partial charge in [0, 0.05) is 31.8 Å². The van der Waals surface area contributed by atoms with E-state index in [0.717, 1.165) is 5.56 Å². The van der Waals surface area contributed by atoms with Gasteiger partial charge in [-0.05, 0) is 48.6 Å². The van der Waals surface area contributed by atoms with Crippen LogP contribution >= 0.6 is 0 Å². The molecule has 0 aliphatic carbocycles. The topological polar surface area (TPSA) is 93.1 Å². The zero-order chi connectivity index (χ0) is 22.9. The number of benzene rings is 2. The fraction of sp³-hybridized carbons (Fsp3) is 0.375. The number of hydrogen-bond acceptors (Lipinski definition) is 5. The Morgan fingerprint density at radius 2 is 1.75 bits per heavy atom. The molecule has 0 radical (unpaired) electrons. The van der Waals surface area contributed by atoms with Crippen LogP contribution in [0, 0.1) is 11.7 Å². The number of esters is 1. The third-order valence-electron chi connectivity index (χ3n) is 5.47. The largest absolute Gasteiger partial charge is 0.481 e. The van der Waals surface area contributed by atoms with Gasteiger partial charge in [-0.25, -0.2) is 9.18 Å². The van der Waals surface area contributed by atoms with Gasteiger partial charge in [0.25, 0.3) is 0 Å². The van der Waals surface area contributed by atoms with E-state index in [1.807, 2.05) is 6.07 Å². The molecule has 0 saturated carbocycles. The predicted octanol–water partition coefficient (Wildman–Crippen LogP) is 4.23. The van der Waals surface area contributed by atoms with Crippen molar-refractivity contribution < 1.29 is 33.4 Å². The summed E-state index contributed by atoms with van der Waals surface area (Å²) in [6, 6.07) is 15.0. The van der Waals surface area contributed by atoms with E-state index in [9.17, 15) is 18.8 Å². The van der Waals surface area contributed by atoms with Crippen LogP contribution in [0.5, 0.6) is 5.75 Å². The first-order chi connectivity index (χ1) is 15.4. The number of aliphatic carboxylic acids is 1. The second kappa shape index (κ2) is 11.3. The summed E-state index contributed by atoms with van der Waals surface area (Å²) in [6.45, 7) is 0.843. The highest BCUT2D eigenvalue weighted by Gasteiger charge is 2.34. The first kappa shape index (κ1) is 23.2. The highest BCUT2D eigenvalue weighted by molar-refractivity contribution is 5.72. The van der Waals surface area contributed by atoms with Crippen molar-refractivity contribution in [2.75, 3.05) is 19.7 Å². The first-order valence-electron chi connectivity index (χ1n) is 10.6. The van der Waals surface area contributed by atoms with Crippen molar-refractivity contribution in [3.05, 3.63) is 66.0 Å². The molecule has 0 spiro atoms. The van der Waals surface area contributed by atoms with E-state index in [4.69, 9.17) is 14.6 Å². The maximum absolute atomic E-state index is 13.4. The van der Waals surface area contributed by atoms with Crippen LogP contribution in [0.25, 0.3) is 0 Å². The van der Waals surface area contributed by atoms with Crippen LogP contribution in [-0.2, 0) is 14.3 Å². The minimum absolute atomic E-state index is 0.0139. The summed E-state index contributed by atoms with van der Waals surface area (Å²) in [7, 11) is 0. The Morgan fingerprint density at radius 1 is 1.03 bits per heavy atom. The number of piperidine rings is 1. The monoisotopic (exact) mass is 443 g/mol. The summed E-state index contributed by atoms with van der Waals surface area (Å²) >= 11 is 0. The molecule has 1 fully saturated rings. The Balaban J connectivity index is 1.64. The molecule has 7 nitrogen and oxygen atoms in total. The van der Waals surface area contributed by atoms with Gasteiger partial charge in [-0.15, -0.1) is 0 Å². The van der Waals surface area contributed by atoms with Gasteiger partial charge in [-0.2, -0.15) is 0 Å². The molecule has 0 unspecified atom stereocenters. The predicted molar refractivity (Wildman–Crippen MR) is 114 cm³/mol. The molecule has 1 aliphatic heterocycles. The SMILES string of the molecule is O=C(O)CCCC(=O)OC[C@H]1CN(C(=O)Oc2ccccc2)CC[C@@H]1c1ccc(F)cc1. The normalized spacial score (nSPS) is 18.1. The maximum atomic E-state index is 13.4. The van der Waals surface area contributed by atoms with Crippen molar-refractivity contribution in [1.82, 2.24) is 4.90 Å². The molecule has 2 aromatic rings. The summed E-state index contributed by atoms with van der Waals surface area (Å²) in [6.07, 6.45) is 0.244. The number of carboxylic acids is 1. The standard InChI is InChI=1S/C24H26FNO6/c25-19-11-9-17(10-12-19)21-13-14-26(24(30)32-20-5-2-1-3-6-20)15-18(21)16-31-23(29)8-4-7-22(27)28/h1-3,5-6,9-12,18,21H,4,7-8,13-16H2,(H,27,28)/t18-,21-/m1/s1.